The van der Waals surface area contributed by atoms with Crippen molar-refractivity contribution in [3.05, 3.63) is 77.0 Å². The number of nitrogens with zero attached hydrogens (tertiary/aromatic N) is 4. The van der Waals surface area contributed by atoms with E-state index in [1.165, 1.54) is 5.56 Å². The highest BCUT2D eigenvalue weighted by Gasteiger charge is 2.08. The van der Waals surface area contributed by atoms with Gasteiger partial charge in [-0.1, -0.05) is 30.3 Å². The summed E-state index contributed by atoms with van der Waals surface area (Å²) in [6.07, 6.45) is 7.52. The molecule has 2 heterocycles. The minimum absolute atomic E-state index is 0.734. The molecular formula is C17H17BrN4. The first-order chi connectivity index (χ1) is 10.7. The summed E-state index contributed by atoms with van der Waals surface area (Å²) >= 11 is 3.46. The molecule has 0 aliphatic rings. The van der Waals surface area contributed by atoms with Gasteiger partial charge in [0.05, 0.1) is 18.4 Å². The van der Waals surface area contributed by atoms with Crippen molar-refractivity contribution in [1.82, 2.24) is 14.5 Å². The fourth-order valence-electron chi connectivity index (χ4n) is 2.33. The molecule has 5 heteroatoms. The topological polar surface area (TPSA) is 34.0 Å². The van der Waals surface area contributed by atoms with Gasteiger partial charge in [0.15, 0.2) is 0 Å². The number of hydrogen-bond donors (Lipinski definition) is 0. The molecule has 0 spiro atoms. The van der Waals surface area contributed by atoms with Gasteiger partial charge in [0.1, 0.15) is 5.82 Å². The molecule has 0 fully saturated rings. The van der Waals surface area contributed by atoms with E-state index in [0.29, 0.717) is 0 Å². The van der Waals surface area contributed by atoms with Gasteiger partial charge in [0, 0.05) is 36.7 Å². The lowest BCUT2D eigenvalue weighted by atomic mass is 10.2. The van der Waals surface area contributed by atoms with Crippen LogP contribution in [0, 0.1) is 0 Å². The highest BCUT2D eigenvalue weighted by molar-refractivity contribution is 9.10. The van der Waals surface area contributed by atoms with Crippen LogP contribution in [0.5, 0.6) is 0 Å². The van der Waals surface area contributed by atoms with E-state index < -0.39 is 0 Å². The fourth-order valence-corrected chi connectivity index (χ4v) is 2.68. The molecule has 0 saturated heterocycles. The smallest absolute Gasteiger partial charge is 0.128 e. The van der Waals surface area contributed by atoms with Gasteiger partial charge in [-0.15, -0.1) is 0 Å². The van der Waals surface area contributed by atoms with Gasteiger partial charge in [0.25, 0.3) is 0 Å². The molecule has 3 aromatic rings. The first-order valence-corrected chi connectivity index (χ1v) is 7.87. The van der Waals surface area contributed by atoms with Crippen molar-refractivity contribution in [3.8, 4) is 0 Å². The van der Waals surface area contributed by atoms with Crippen molar-refractivity contribution in [1.29, 1.82) is 0 Å². The number of imidazole rings is 1. The molecule has 0 atom stereocenters. The zero-order valence-corrected chi connectivity index (χ0v) is 13.9. The standard InChI is InChI=1S/C17H17BrN4/c1-21(16-9-15(18)10-19-11-16)13-17-20-7-8-22(17)12-14-5-3-2-4-6-14/h2-11H,12-13H2,1H3. The van der Waals surface area contributed by atoms with Gasteiger partial charge in [-0.3, -0.25) is 4.98 Å². The van der Waals surface area contributed by atoms with Crippen LogP contribution >= 0.6 is 15.9 Å². The van der Waals surface area contributed by atoms with Gasteiger partial charge < -0.3 is 9.47 Å². The Bertz CT molecular complexity index is 739. The highest BCUT2D eigenvalue weighted by Crippen LogP contribution is 2.18. The zero-order chi connectivity index (χ0) is 15.4. The van der Waals surface area contributed by atoms with E-state index in [9.17, 15) is 0 Å². The molecule has 22 heavy (non-hydrogen) atoms. The lowest BCUT2D eigenvalue weighted by Crippen LogP contribution is -2.20. The summed E-state index contributed by atoms with van der Waals surface area (Å²) in [5.74, 6) is 1.03. The Balaban J connectivity index is 1.75. The second-order valence-corrected chi connectivity index (χ2v) is 6.09. The molecule has 112 valence electrons. The first kappa shape index (κ1) is 14.8. The van der Waals surface area contributed by atoms with Crippen molar-refractivity contribution in [2.75, 3.05) is 11.9 Å². The third-order valence-electron chi connectivity index (χ3n) is 3.51. The van der Waals surface area contributed by atoms with Crippen LogP contribution in [-0.2, 0) is 13.1 Å². The van der Waals surface area contributed by atoms with E-state index in [1.54, 1.807) is 6.20 Å². The number of halogens is 1. The van der Waals surface area contributed by atoms with Crippen LogP contribution in [0.4, 0.5) is 5.69 Å². The molecule has 0 bridgehead atoms. The molecule has 1 aromatic carbocycles. The van der Waals surface area contributed by atoms with Crippen LogP contribution in [-0.4, -0.2) is 21.6 Å². The van der Waals surface area contributed by atoms with Crippen LogP contribution in [0.15, 0.2) is 65.7 Å². The van der Waals surface area contributed by atoms with E-state index in [2.05, 4.69) is 65.7 Å². The number of aromatic nitrogens is 3. The van der Waals surface area contributed by atoms with Crippen LogP contribution in [0.1, 0.15) is 11.4 Å². The van der Waals surface area contributed by atoms with Crippen molar-refractivity contribution >= 4 is 21.6 Å². The second-order valence-electron chi connectivity index (χ2n) is 5.17. The summed E-state index contributed by atoms with van der Waals surface area (Å²) in [4.78, 5) is 10.8. The fraction of sp³-hybridized carbons (Fsp3) is 0.176. The van der Waals surface area contributed by atoms with Crippen LogP contribution in [0.2, 0.25) is 0 Å². The Morgan fingerprint density at radius 1 is 1.18 bits per heavy atom. The molecule has 0 aliphatic carbocycles. The van der Waals surface area contributed by atoms with Gasteiger partial charge in [-0.2, -0.15) is 0 Å². The Morgan fingerprint density at radius 2 is 2.00 bits per heavy atom. The summed E-state index contributed by atoms with van der Waals surface area (Å²) in [6.45, 7) is 1.57. The van der Waals surface area contributed by atoms with E-state index in [0.717, 1.165) is 29.1 Å². The maximum absolute atomic E-state index is 4.49. The SMILES string of the molecule is CN(Cc1nccn1Cc1ccccc1)c1cncc(Br)c1. The number of anilines is 1. The monoisotopic (exact) mass is 356 g/mol. The number of benzene rings is 1. The molecular weight excluding hydrogens is 340 g/mol. The average Bonchev–Trinajstić information content (AvgIpc) is 2.95. The minimum Gasteiger partial charge on any atom is -0.366 e. The van der Waals surface area contributed by atoms with Crippen LogP contribution in [0.25, 0.3) is 0 Å². The molecule has 0 radical (unpaired) electrons. The molecule has 4 nitrogen and oxygen atoms in total. The third-order valence-corrected chi connectivity index (χ3v) is 3.94. The van der Waals surface area contributed by atoms with Crippen LogP contribution < -0.4 is 4.90 Å². The van der Waals surface area contributed by atoms with Crippen molar-refractivity contribution in [2.45, 2.75) is 13.1 Å². The van der Waals surface area contributed by atoms with Crippen LogP contribution in [0.3, 0.4) is 0 Å². The van der Waals surface area contributed by atoms with Gasteiger partial charge in [0.2, 0.25) is 0 Å². The van der Waals surface area contributed by atoms with E-state index in [4.69, 9.17) is 0 Å². The minimum atomic E-state index is 0.734. The molecule has 0 unspecified atom stereocenters. The normalized spacial score (nSPS) is 10.6. The predicted octanol–water partition coefficient (Wildman–Crippen LogP) is 3.73. The molecule has 0 N–H and O–H groups in total. The summed E-state index contributed by atoms with van der Waals surface area (Å²) in [6, 6.07) is 12.5. The summed E-state index contributed by atoms with van der Waals surface area (Å²) < 4.78 is 3.15. The quantitative estimate of drug-likeness (QED) is 0.698. The third kappa shape index (κ3) is 3.54. The van der Waals surface area contributed by atoms with Crippen molar-refractivity contribution in [3.63, 3.8) is 0 Å². The Labute approximate surface area is 138 Å². The number of pyridine rings is 1. The molecule has 0 aliphatic heterocycles. The zero-order valence-electron chi connectivity index (χ0n) is 12.4. The lowest BCUT2D eigenvalue weighted by Gasteiger charge is -2.19. The number of hydrogen-bond acceptors (Lipinski definition) is 3. The Hall–Kier alpha value is -2.14. The van der Waals surface area contributed by atoms with Gasteiger partial charge in [-0.05, 0) is 27.6 Å². The van der Waals surface area contributed by atoms with Gasteiger partial charge in [-0.25, -0.2) is 4.98 Å². The molecule has 2 aromatic heterocycles. The highest BCUT2D eigenvalue weighted by atomic mass is 79.9. The molecule has 0 saturated carbocycles. The number of rotatable bonds is 5. The molecule has 3 rings (SSSR count). The summed E-state index contributed by atoms with van der Waals surface area (Å²) in [5, 5.41) is 0. The van der Waals surface area contributed by atoms with Gasteiger partial charge >= 0.3 is 0 Å². The second kappa shape index (κ2) is 6.75. The molecule has 0 amide bonds. The summed E-state index contributed by atoms with van der Waals surface area (Å²) in [7, 11) is 2.05. The predicted molar refractivity (Wildman–Crippen MR) is 91.8 cm³/mol. The van der Waals surface area contributed by atoms with E-state index in [-0.39, 0.29) is 0 Å². The maximum Gasteiger partial charge on any atom is 0.128 e. The average molecular weight is 357 g/mol. The first-order valence-electron chi connectivity index (χ1n) is 7.08. The van der Waals surface area contributed by atoms with Crippen molar-refractivity contribution < 1.29 is 0 Å². The maximum atomic E-state index is 4.49. The largest absolute Gasteiger partial charge is 0.366 e. The Morgan fingerprint density at radius 3 is 2.77 bits per heavy atom. The summed E-state index contributed by atoms with van der Waals surface area (Å²) in [5.41, 5.74) is 2.33. The van der Waals surface area contributed by atoms with E-state index in [1.807, 2.05) is 31.7 Å². The van der Waals surface area contributed by atoms with Crippen molar-refractivity contribution in [2.24, 2.45) is 0 Å². The van der Waals surface area contributed by atoms with E-state index >= 15 is 0 Å². The lowest BCUT2D eigenvalue weighted by molar-refractivity contribution is 0.707. The Kier molecular flexibility index (Phi) is 4.53.